The fraction of sp³-hybridized carbons (Fsp3) is 0.333. The second-order valence-electron chi connectivity index (χ2n) is 2.04. The second-order valence-corrected chi connectivity index (χ2v) is 2.84. The van der Waals surface area contributed by atoms with Gasteiger partial charge in [0.05, 0.1) is 4.47 Å². The monoisotopic (exact) mass is 236 g/mol. The number of hydrogen-bond donors (Lipinski definition) is 0. The molecule has 0 fully saturated rings. The molecule has 0 nitrogen and oxygen atoms in total. The first kappa shape index (κ1) is 11.6. The van der Waals surface area contributed by atoms with Crippen molar-refractivity contribution in [3.63, 3.8) is 0 Å². The van der Waals surface area contributed by atoms with Crippen molar-refractivity contribution in [1.29, 1.82) is 0 Å². The third-order valence-electron chi connectivity index (χ3n) is 1.13. The molecule has 1 aromatic rings. The van der Waals surface area contributed by atoms with E-state index in [0.29, 0.717) is 5.56 Å². The van der Waals surface area contributed by atoms with Gasteiger partial charge in [0.2, 0.25) is 0 Å². The minimum Gasteiger partial charge on any atom is -0.206 e. The number of benzene rings is 1. The van der Waals surface area contributed by atoms with Gasteiger partial charge in [0, 0.05) is 0 Å². The van der Waals surface area contributed by atoms with Gasteiger partial charge in [0.15, 0.2) is 0 Å². The van der Waals surface area contributed by atoms with Gasteiger partial charge in [-0.2, -0.15) is 0 Å². The molecule has 0 spiro atoms. The SMILES string of the molecule is CC.Cc1cc(F)c(Br)c(F)c1. The highest BCUT2D eigenvalue weighted by Crippen LogP contribution is 2.20. The molecular weight excluding hydrogens is 226 g/mol. The predicted octanol–water partition coefficient (Wildman–Crippen LogP) is 4.06. The normalized spacial score (nSPS) is 8.83. The van der Waals surface area contributed by atoms with E-state index in [1.165, 1.54) is 12.1 Å². The molecule has 0 atom stereocenters. The van der Waals surface area contributed by atoms with Crippen LogP contribution in [0.2, 0.25) is 0 Å². The predicted molar refractivity (Wildman–Crippen MR) is 50.1 cm³/mol. The molecule has 3 heteroatoms. The summed E-state index contributed by atoms with van der Waals surface area (Å²) in [5, 5.41) is 0. The van der Waals surface area contributed by atoms with E-state index >= 15 is 0 Å². The van der Waals surface area contributed by atoms with E-state index in [1.807, 2.05) is 13.8 Å². The Morgan fingerprint density at radius 2 is 1.42 bits per heavy atom. The van der Waals surface area contributed by atoms with E-state index in [-0.39, 0.29) is 4.47 Å². The first-order chi connectivity index (χ1) is 5.61. The molecule has 0 saturated heterocycles. The summed E-state index contributed by atoms with van der Waals surface area (Å²) in [4.78, 5) is 0. The molecule has 0 unspecified atom stereocenters. The summed E-state index contributed by atoms with van der Waals surface area (Å²) in [5.41, 5.74) is 0.582. The molecule has 0 aliphatic heterocycles. The van der Waals surface area contributed by atoms with Crippen LogP contribution in [-0.4, -0.2) is 0 Å². The van der Waals surface area contributed by atoms with Gasteiger partial charge in [-0.05, 0) is 40.5 Å². The third-order valence-corrected chi connectivity index (χ3v) is 1.89. The van der Waals surface area contributed by atoms with Crippen molar-refractivity contribution in [3.8, 4) is 0 Å². The van der Waals surface area contributed by atoms with E-state index in [9.17, 15) is 8.78 Å². The summed E-state index contributed by atoms with van der Waals surface area (Å²) in [6, 6.07) is 2.54. The Morgan fingerprint density at radius 3 is 1.75 bits per heavy atom. The molecule has 0 bridgehead atoms. The number of aryl methyl sites for hydroxylation is 1. The van der Waals surface area contributed by atoms with Crippen LogP contribution in [0.3, 0.4) is 0 Å². The minimum atomic E-state index is -0.558. The van der Waals surface area contributed by atoms with Crippen molar-refractivity contribution in [2.24, 2.45) is 0 Å². The van der Waals surface area contributed by atoms with Crippen molar-refractivity contribution in [2.45, 2.75) is 20.8 Å². The number of halogens is 3. The Hall–Kier alpha value is -0.440. The van der Waals surface area contributed by atoms with E-state index in [4.69, 9.17) is 0 Å². The van der Waals surface area contributed by atoms with E-state index in [2.05, 4.69) is 15.9 Å². The molecule has 1 rings (SSSR count). The Labute approximate surface area is 79.7 Å². The molecular formula is C9H11BrF2. The maximum absolute atomic E-state index is 12.6. The maximum Gasteiger partial charge on any atom is 0.140 e. The van der Waals surface area contributed by atoms with Crippen LogP contribution >= 0.6 is 15.9 Å². The lowest BCUT2D eigenvalue weighted by Gasteiger charge is -1.97. The Kier molecular flexibility index (Phi) is 5.06. The van der Waals surface area contributed by atoms with Crippen molar-refractivity contribution in [3.05, 3.63) is 33.8 Å². The average molecular weight is 237 g/mol. The van der Waals surface area contributed by atoms with Gasteiger partial charge < -0.3 is 0 Å². The van der Waals surface area contributed by atoms with Crippen molar-refractivity contribution in [1.82, 2.24) is 0 Å². The largest absolute Gasteiger partial charge is 0.206 e. The zero-order chi connectivity index (χ0) is 9.72. The van der Waals surface area contributed by atoms with Crippen LogP contribution in [0.4, 0.5) is 8.78 Å². The highest BCUT2D eigenvalue weighted by molar-refractivity contribution is 9.10. The van der Waals surface area contributed by atoms with E-state index in [1.54, 1.807) is 6.92 Å². The van der Waals surface area contributed by atoms with E-state index in [0.717, 1.165) is 0 Å². The molecule has 0 aliphatic carbocycles. The number of rotatable bonds is 0. The molecule has 0 N–H and O–H groups in total. The van der Waals surface area contributed by atoms with Crippen LogP contribution in [0.15, 0.2) is 16.6 Å². The van der Waals surface area contributed by atoms with Crippen LogP contribution in [0.5, 0.6) is 0 Å². The molecule has 0 amide bonds. The lowest BCUT2D eigenvalue weighted by molar-refractivity contribution is 0.570. The van der Waals surface area contributed by atoms with Gasteiger partial charge in [0.25, 0.3) is 0 Å². The molecule has 0 saturated carbocycles. The first-order valence-corrected chi connectivity index (χ1v) is 4.51. The van der Waals surface area contributed by atoms with Crippen LogP contribution in [0, 0.1) is 18.6 Å². The van der Waals surface area contributed by atoms with E-state index < -0.39 is 11.6 Å². The van der Waals surface area contributed by atoms with Crippen molar-refractivity contribution < 1.29 is 8.78 Å². The van der Waals surface area contributed by atoms with Crippen LogP contribution in [-0.2, 0) is 0 Å². The van der Waals surface area contributed by atoms with Crippen LogP contribution in [0.1, 0.15) is 19.4 Å². The zero-order valence-electron chi connectivity index (χ0n) is 7.29. The standard InChI is InChI=1S/C7H5BrF2.C2H6/c1-4-2-5(9)7(8)6(10)3-4;1-2/h2-3H,1H3;1-2H3. The maximum atomic E-state index is 12.6. The summed E-state index contributed by atoms with van der Waals surface area (Å²) >= 11 is 2.76. The van der Waals surface area contributed by atoms with Gasteiger partial charge in [-0.1, -0.05) is 13.8 Å². The van der Waals surface area contributed by atoms with Crippen LogP contribution in [0.25, 0.3) is 0 Å². The quantitative estimate of drug-likeness (QED) is 0.597. The first-order valence-electron chi connectivity index (χ1n) is 3.72. The molecule has 0 aromatic heterocycles. The van der Waals surface area contributed by atoms with Gasteiger partial charge in [-0.3, -0.25) is 0 Å². The second kappa shape index (κ2) is 5.25. The lowest BCUT2D eigenvalue weighted by atomic mass is 10.2. The summed E-state index contributed by atoms with van der Waals surface area (Å²) in [7, 11) is 0. The third kappa shape index (κ3) is 2.89. The van der Waals surface area contributed by atoms with Crippen LogP contribution < -0.4 is 0 Å². The average Bonchev–Trinajstić information content (AvgIpc) is 2.04. The molecule has 12 heavy (non-hydrogen) atoms. The summed E-state index contributed by atoms with van der Waals surface area (Å²) in [6.45, 7) is 5.64. The van der Waals surface area contributed by atoms with Crippen molar-refractivity contribution >= 4 is 15.9 Å². The van der Waals surface area contributed by atoms with Crippen molar-refractivity contribution in [2.75, 3.05) is 0 Å². The van der Waals surface area contributed by atoms with Gasteiger partial charge in [0.1, 0.15) is 11.6 Å². The fourth-order valence-corrected chi connectivity index (χ4v) is 0.911. The Bertz CT molecular complexity index is 236. The smallest absolute Gasteiger partial charge is 0.140 e. The summed E-state index contributed by atoms with van der Waals surface area (Å²) in [6.07, 6.45) is 0. The molecule has 0 heterocycles. The molecule has 0 radical (unpaired) electrons. The van der Waals surface area contributed by atoms with Gasteiger partial charge in [-0.25, -0.2) is 8.78 Å². The molecule has 1 aromatic carbocycles. The van der Waals surface area contributed by atoms with Gasteiger partial charge >= 0.3 is 0 Å². The zero-order valence-corrected chi connectivity index (χ0v) is 8.87. The fourth-order valence-electron chi connectivity index (χ4n) is 0.682. The highest BCUT2D eigenvalue weighted by Gasteiger charge is 2.04. The van der Waals surface area contributed by atoms with Gasteiger partial charge in [-0.15, -0.1) is 0 Å². The minimum absolute atomic E-state index is 0.0990. The number of hydrogen-bond acceptors (Lipinski definition) is 0. The summed E-state index contributed by atoms with van der Waals surface area (Å²) < 4.78 is 25.0. The molecule has 68 valence electrons. The molecule has 0 aliphatic rings. The topological polar surface area (TPSA) is 0 Å². The highest BCUT2D eigenvalue weighted by atomic mass is 79.9. The Balaban J connectivity index is 0.000000561. The summed E-state index contributed by atoms with van der Waals surface area (Å²) in [5.74, 6) is -1.12. The lowest BCUT2D eigenvalue weighted by Crippen LogP contribution is -1.85. The Morgan fingerprint density at radius 1 is 1.08 bits per heavy atom.